The molecule has 180 valence electrons. The number of methoxy groups -OCH3 is 2. The van der Waals surface area contributed by atoms with E-state index in [-0.39, 0.29) is 37.0 Å². The molecule has 2 N–H and O–H groups in total. The molecule has 0 saturated heterocycles. The van der Waals surface area contributed by atoms with Crippen molar-refractivity contribution in [2.45, 2.75) is 13.0 Å². The zero-order valence-electron chi connectivity index (χ0n) is 19.1. The number of anilines is 2. The number of aliphatic hydroxyl groups excluding tert-OH is 2. The number of aliphatic hydroxyl groups is 2. The number of hydrogen-bond donors (Lipinski definition) is 2. The highest BCUT2D eigenvalue weighted by molar-refractivity contribution is 5.74. The Labute approximate surface area is 196 Å². The van der Waals surface area contributed by atoms with Crippen LogP contribution in [-0.2, 0) is 13.0 Å². The molecule has 0 atom stereocenters. The third-order valence-electron chi connectivity index (χ3n) is 4.90. The molecule has 10 nitrogen and oxygen atoms in total. The van der Waals surface area contributed by atoms with Crippen LogP contribution < -0.4 is 14.4 Å². The maximum atomic E-state index is 15.1. The van der Waals surface area contributed by atoms with E-state index in [0.29, 0.717) is 30.2 Å². The molecule has 0 radical (unpaired) electrons. The van der Waals surface area contributed by atoms with Gasteiger partial charge in [0, 0.05) is 37.5 Å². The van der Waals surface area contributed by atoms with Gasteiger partial charge in [0.25, 0.3) is 0 Å². The summed E-state index contributed by atoms with van der Waals surface area (Å²) in [5, 5.41) is 22.7. The number of nitrogens with zero attached hydrogens (tertiary/aromatic N) is 6. The van der Waals surface area contributed by atoms with E-state index in [1.807, 2.05) is 6.20 Å². The Kier molecular flexibility index (Phi) is 8.66. The van der Waals surface area contributed by atoms with Crippen LogP contribution in [0.2, 0.25) is 0 Å². The lowest BCUT2D eigenvalue weighted by atomic mass is 10.2. The smallest absolute Gasteiger partial charge is 0.188 e. The van der Waals surface area contributed by atoms with Crippen LogP contribution in [0.5, 0.6) is 11.5 Å². The molecule has 0 spiro atoms. The van der Waals surface area contributed by atoms with E-state index < -0.39 is 5.82 Å². The number of rotatable bonds is 12. The molecule has 2 heterocycles. The lowest BCUT2D eigenvalue weighted by Gasteiger charge is -2.25. The summed E-state index contributed by atoms with van der Waals surface area (Å²) in [6.45, 7) is 3.83. The Bertz CT molecular complexity index is 1150. The third kappa shape index (κ3) is 5.74. The van der Waals surface area contributed by atoms with Gasteiger partial charge in [-0.3, -0.25) is 9.67 Å². The highest BCUT2D eigenvalue weighted by atomic mass is 19.1. The summed E-state index contributed by atoms with van der Waals surface area (Å²) in [5.74, 6) is 0.373. The van der Waals surface area contributed by atoms with Crippen molar-refractivity contribution in [2.75, 3.05) is 38.9 Å². The summed E-state index contributed by atoms with van der Waals surface area (Å²) in [4.78, 5) is 14.4. The summed E-state index contributed by atoms with van der Waals surface area (Å²) < 4.78 is 27.1. The summed E-state index contributed by atoms with van der Waals surface area (Å²) in [6.07, 6.45) is 5.76. The Balaban J connectivity index is 1.89. The minimum absolute atomic E-state index is 0.00268. The molecule has 3 rings (SSSR count). The van der Waals surface area contributed by atoms with Crippen LogP contribution in [0.3, 0.4) is 0 Å². The molecule has 2 aromatic heterocycles. The van der Waals surface area contributed by atoms with Gasteiger partial charge in [0.2, 0.25) is 0 Å². The van der Waals surface area contributed by atoms with Crippen LogP contribution >= 0.6 is 0 Å². The number of pyridine rings is 1. The van der Waals surface area contributed by atoms with Crippen molar-refractivity contribution in [3.63, 3.8) is 0 Å². The largest absolute Gasteiger partial charge is 0.497 e. The minimum atomic E-state index is -0.615. The van der Waals surface area contributed by atoms with Gasteiger partial charge in [-0.15, -0.1) is 0 Å². The van der Waals surface area contributed by atoms with Crippen LogP contribution in [0, 0.1) is 5.82 Å². The Hall–Kier alpha value is -3.83. The molecule has 0 amide bonds. The van der Waals surface area contributed by atoms with E-state index in [2.05, 4.69) is 26.8 Å². The van der Waals surface area contributed by atoms with Crippen LogP contribution in [0.1, 0.15) is 5.56 Å². The van der Waals surface area contributed by atoms with Gasteiger partial charge in [0.15, 0.2) is 17.4 Å². The van der Waals surface area contributed by atoms with Crippen LogP contribution in [0.15, 0.2) is 46.6 Å². The van der Waals surface area contributed by atoms with Crippen molar-refractivity contribution < 1.29 is 24.1 Å². The van der Waals surface area contributed by atoms with Crippen LogP contribution in [0.4, 0.5) is 27.4 Å². The van der Waals surface area contributed by atoms with Crippen molar-refractivity contribution in [3.05, 3.63) is 48.0 Å². The molecular formula is C23H27FN6O4. The predicted molar refractivity (Wildman–Crippen MR) is 128 cm³/mol. The summed E-state index contributed by atoms with van der Waals surface area (Å²) in [7, 11) is 2.83. The number of aliphatic imine (C=N–C) groups is 2. The topological polar surface area (TPSA) is 118 Å². The molecular weight excluding hydrogens is 443 g/mol. The number of ether oxygens (including phenoxy) is 2. The second-order valence-electron chi connectivity index (χ2n) is 7.06. The third-order valence-corrected chi connectivity index (χ3v) is 4.90. The molecule has 0 unspecified atom stereocenters. The average molecular weight is 471 g/mol. The first-order chi connectivity index (χ1) is 16.5. The summed E-state index contributed by atoms with van der Waals surface area (Å²) in [6, 6.07) is 6.28. The van der Waals surface area contributed by atoms with Gasteiger partial charge in [-0.2, -0.15) is 5.10 Å². The lowest BCUT2D eigenvalue weighted by Crippen LogP contribution is -2.23. The first kappa shape index (κ1) is 24.8. The van der Waals surface area contributed by atoms with E-state index >= 15 is 4.39 Å². The van der Waals surface area contributed by atoms with Crippen LogP contribution in [-0.4, -0.2) is 71.9 Å². The number of benzene rings is 1. The van der Waals surface area contributed by atoms with Gasteiger partial charge in [-0.25, -0.2) is 14.4 Å². The number of aromatic nitrogens is 3. The number of halogens is 1. The zero-order chi connectivity index (χ0) is 24.5. The van der Waals surface area contributed by atoms with E-state index in [0.717, 1.165) is 5.56 Å². The molecule has 0 fully saturated rings. The standard InChI is InChI=1S/C23H27FN6O4/c1-25-23-18(26-7-6-16-14-27-29(15-16)8-10-31)4-5-21(28-23)30(9-11-32)19-12-17(33-2)13-20(34-3)22(19)24/h4-5,7,12-15,31-32H,1,6,8-11H2,2-3H3/b26-7-. The molecule has 11 heteroatoms. The van der Waals surface area contributed by atoms with Crippen molar-refractivity contribution in [3.8, 4) is 11.5 Å². The monoisotopic (exact) mass is 470 g/mol. The molecule has 0 aliphatic rings. The first-order valence-electron chi connectivity index (χ1n) is 10.5. The molecule has 34 heavy (non-hydrogen) atoms. The Morgan fingerprint density at radius 3 is 2.71 bits per heavy atom. The van der Waals surface area contributed by atoms with Gasteiger partial charge >= 0.3 is 0 Å². The molecule has 0 bridgehead atoms. The molecule has 0 aliphatic carbocycles. The van der Waals surface area contributed by atoms with E-state index in [9.17, 15) is 5.11 Å². The average Bonchev–Trinajstić information content (AvgIpc) is 3.30. The van der Waals surface area contributed by atoms with Crippen LogP contribution in [0.25, 0.3) is 0 Å². The van der Waals surface area contributed by atoms with Crippen molar-refractivity contribution in [2.24, 2.45) is 9.98 Å². The first-order valence-corrected chi connectivity index (χ1v) is 10.5. The Morgan fingerprint density at radius 2 is 2.03 bits per heavy atom. The summed E-state index contributed by atoms with van der Waals surface area (Å²) in [5.41, 5.74) is 1.55. The molecule has 1 aromatic carbocycles. The van der Waals surface area contributed by atoms with Gasteiger partial charge in [0.05, 0.1) is 45.9 Å². The molecule has 0 aliphatic heterocycles. The fourth-order valence-corrected chi connectivity index (χ4v) is 3.26. The fourth-order valence-electron chi connectivity index (χ4n) is 3.26. The van der Waals surface area contributed by atoms with E-state index in [4.69, 9.17) is 14.6 Å². The van der Waals surface area contributed by atoms with Gasteiger partial charge < -0.3 is 24.6 Å². The van der Waals surface area contributed by atoms with Crippen molar-refractivity contribution >= 4 is 35.9 Å². The predicted octanol–water partition coefficient (Wildman–Crippen LogP) is 2.83. The normalized spacial score (nSPS) is 11.1. The quantitative estimate of drug-likeness (QED) is 0.391. The van der Waals surface area contributed by atoms with Crippen molar-refractivity contribution in [1.29, 1.82) is 0 Å². The highest BCUT2D eigenvalue weighted by Crippen LogP contribution is 2.37. The molecule has 0 saturated carbocycles. The van der Waals surface area contributed by atoms with Crippen molar-refractivity contribution in [1.82, 2.24) is 14.8 Å². The highest BCUT2D eigenvalue weighted by Gasteiger charge is 2.21. The summed E-state index contributed by atoms with van der Waals surface area (Å²) >= 11 is 0. The second-order valence-corrected chi connectivity index (χ2v) is 7.06. The SMILES string of the molecule is C=Nc1nc(N(CCO)c2cc(OC)cc(OC)c2F)ccc1/N=C\Cc1cnn(CCO)c1. The number of hydrogen-bond acceptors (Lipinski definition) is 9. The lowest BCUT2D eigenvalue weighted by molar-refractivity contribution is 0.269. The zero-order valence-corrected chi connectivity index (χ0v) is 19.1. The second kappa shape index (κ2) is 11.9. The van der Waals surface area contributed by atoms with E-state index in [1.54, 1.807) is 29.2 Å². The Morgan fingerprint density at radius 1 is 1.21 bits per heavy atom. The molecule has 3 aromatic rings. The van der Waals surface area contributed by atoms with Gasteiger partial charge in [-0.05, 0) is 24.4 Å². The van der Waals surface area contributed by atoms with Gasteiger partial charge in [-0.1, -0.05) is 0 Å². The fraction of sp³-hybridized carbons (Fsp3) is 0.304. The van der Waals surface area contributed by atoms with Gasteiger partial charge in [0.1, 0.15) is 17.3 Å². The maximum absolute atomic E-state index is 15.1. The minimum Gasteiger partial charge on any atom is -0.497 e. The van der Waals surface area contributed by atoms with E-state index in [1.165, 1.54) is 31.3 Å². The maximum Gasteiger partial charge on any atom is 0.188 e.